The maximum atomic E-state index is 2.34. The van der Waals surface area contributed by atoms with E-state index in [9.17, 15) is 0 Å². The van der Waals surface area contributed by atoms with Gasteiger partial charge in [-0.25, -0.2) is 0 Å². The van der Waals surface area contributed by atoms with Crippen LogP contribution in [-0.4, -0.2) is 0 Å². The minimum absolute atomic E-state index is 0.835. The van der Waals surface area contributed by atoms with Crippen LogP contribution in [0.25, 0.3) is 0 Å². The highest BCUT2D eigenvalue weighted by Crippen LogP contribution is 2.23. The fourth-order valence-electron chi connectivity index (χ4n) is 2.43. The Balaban J connectivity index is 2.48. The normalized spacial score (nSPS) is 11.7. The largest absolute Gasteiger partial charge is 0.0628 e. The summed E-state index contributed by atoms with van der Waals surface area (Å²) in [5, 5.41) is 0. The summed E-state index contributed by atoms with van der Waals surface area (Å²) in [6.07, 6.45) is 6.78. The van der Waals surface area contributed by atoms with E-state index in [1.54, 1.807) is 0 Å². The van der Waals surface area contributed by atoms with E-state index >= 15 is 0 Å². The van der Waals surface area contributed by atoms with E-state index in [2.05, 4.69) is 58.0 Å². The van der Waals surface area contributed by atoms with Gasteiger partial charge in [0.15, 0.2) is 0 Å². The topological polar surface area (TPSA) is 0 Å². The van der Waals surface area contributed by atoms with Crippen molar-refractivity contribution in [2.45, 2.75) is 59.8 Å². The number of rotatable bonds is 8. The molecule has 0 aromatic heterocycles. The Bertz CT molecular complexity index is 285. The van der Waals surface area contributed by atoms with Crippen LogP contribution >= 0.6 is 0 Å². The standard InChI is InChI=1S/C18H30/c1-15(2)10-12-18(13-11-16(3)4)14-17-8-6-5-7-9-17/h5-9,15-16,18H,10-14H2,1-4H3. The van der Waals surface area contributed by atoms with Crippen LogP contribution in [0.4, 0.5) is 0 Å². The van der Waals surface area contributed by atoms with Crippen molar-refractivity contribution < 1.29 is 0 Å². The zero-order valence-electron chi connectivity index (χ0n) is 12.7. The molecule has 0 fully saturated rings. The van der Waals surface area contributed by atoms with Crippen LogP contribution in [-0.2, 0) is 6.42 Å². The van der Waals surface area contributed by atoms with Gasteiger partial charge >= 0.3 is 0 Å². The molecule has 0 nitrogen and oxygen atoms in total. The van der Waals surface area contributed by atoms with Gasteiger partial charge in [0.25, 0.3) is 0 Å². The van der Waals surface area contributed by atoms with Crippen LogP contribution in [0.2, 0.25) is 0 Å². The fourth-order valence-corrected chi connectivity index (χ4v) is 2.43. The van der Waals surface area contributed by atoms with Gasteiger partial charge < -0.3 is 0 Å². The predicted molar refractivity (Wildman–Crippen MR) is 81.8 cm³/mol. The number of hydrogen-bond donors (Lipinski definition) is 0. The van der Waals surface area contributed by atoms with Gasteiger partial charge in [-0.15, -0.1) is 0 Å². The van der Waals surface area contributed by atoms with Crippen molar-refractivity contribution in [1.82, 2.24) is 0 Å². The predicted octanol–water partition coefficient (Wildman–Crippen LogP) is 5.72. The van der Waals surface area contributed by atoms with E-state index in [0.29, 0.717) is 0 Å². The summed E-state index contributed by atoms with van der Waals surface area (Å²) >= 11 is 0. The van der Waals surface area contributed by atoms with Gasteiger partial charge in [0.1, 0.15) is 0 Å². The molecule has 0 unspecified atom stereocenters. The van der Waals surface area contributed by atoms with Gasteiger partial charge in [-0.05, 0) is 42.6 Å². The van der Waals surface area contributed by atoms with Gasteiger partial charge in [-0.1, -0.05) is 70.9 Å². The highest BCUT2D eigenvalue weighted by Gasteiger charge is 2.11. The van der Waals surface area contributed by atoms with Gasteiger partial charge in [0.05, 0.1) is 0 Å². The van der Waals surface area contributed by atoms with Gasteiger partial charge in [0, 0.05) is 0 Å². The molecule has 1 rings (SSSR count). The molecule has 0 spiro atoms. The molecule has 0 N–H and O–H groups in total. The monoisotopic (exact) mass is 246 g/mol. The summed E-state index contributed by atoms with van der Waals surface area (Å²) in [5.41, 5.74) is 1.51. The van der Waals surface area contributed by atoms with Crippen LogP contribution in [0.5, 0.6) is 0 Å². The summed E-state index contributed by atoms with van der Waals surface area (Å²) in [7, 11) is 0. The average Bonchev–Trinajstić information content (AvgIpc) is 2.33. The molecule has 0 amide bonds. The third-order valence-corrected chi connectivity index (χ3v) is 3.67. The minimum atomic E-state index is 0.835. The van der Waals surface area contributed by atoms with Gasteiger partial charge in [-0.2, -0.15) is 0 Å². The third kappa shape index (κ3) is 6.83. The first-order chi connectivity index (χ1) is 8.58. The van der Waals surface area contributed by atoms with Crippen molar-refractivity contribution in [3.63, 3.8) is 0 Å². The molecule has 1 aromatic rings. The Morgan fingerprint density at radius 2 is 1.22 bits per heavy atom. The molecule has 0 atom stereocenters. The van der Waals surface area contributed by atoms with Crippen molar-refractivity contribution in [3.05, 3.63) is 35.9 Å². The molecule has 0 aliphatic heterocycles. The van der Waals surface area contributed by atoms with E-state index in [4.69, 9.17) is 0 Å². The van der Waals surface area contributed by atoms with E-state index in [1.807, 2.05) is 0 Å². The summed E-state index contributed by atoms with van der Waals surface area (Å²) in [4.78, 5) is 0. The van der Waals surface area contributed by atoms with Crippen LogP contribution < -0.4 is 0 Å². The maximum Gasteiger partial charge on any atom is -0.0250 e. The summed E-state index contributed by atoms with van der Waals surface area (Å²) in [6.45, 7) is 9.34. The Hall–Kier alpha value is -0.780. The fraction of sp³-hybridized carbons (Fsp3) is 0.667. The van der Waals surface area contributed by atoms with Crippen LogP contribution in [0.1, 0.15) is 58.9 Å². The van der Waals surface area contributed by atoms with Crippen LogP contribution in [0.3, 0.4) is 0 Å². The second kappa shape index (κ2) is 8.34. The zero-order chi connectivity index (χ0) is 13.4. The lowest BCUT2D eigenvalue weighted by Crippen LogP contribution is -2.08. The summed E-state index contributed by atoms with van der Waals surface area (Å²) in [6, 6.07) is 11.0. The molecule has 1 aromatic carbocycles. The van der Waals surface area contributed by atoms with Crippen molar-refractivity contribution in [1.29, 1.82) is 0 Å². The molecule has 0 heterocycles. The quantitative estimate of drug-likeness (QED) is 0.550. The molecule has 18 heavy (non-hydrogen) atoms. The molecule has 0 aliphatic carbocycles. The van der Waals surface area contributed by atoms with Crippen molar-refractivity contribution in [3.8, 4) is 0 Å². The first-order valence-electron chi connectivity index (χ1n) is 7.61. The SMILES string of the molecule is CC(C)CCC(CCC(C)C)Cc1ccccc1. The van der Waals surface area contributed by atoms with Crippen molar-refractivity contribution in [2.24, 2.45) is 17.8 Å². The number of hydrogen-bond acceptors (Lipinski definition) is 0. The lowest BCUT2D eigenvalue weighted by molar-refractivity contribution is 0.367. The lowest BCUT2D eigenvalue weighted by Gasteiger charge is -2.19. The second-order valence-electron chi connectivity index (χ2n) is 6.50. The molecular formula is C18H30. The van der Waals surface area contributed by atoms with E-state index in [-0.39, 0.29) is 0 Å². The van der Waals surface area contributed by atoms with Crippen molar-refractivity contribution in [2.75, 3.05) is 0 Å². The lowest BCUT2D eigenvalue weighted by atomic mass is 9.87. The van der Waals surface area contributed by atoms with E-state index in [0.717, 1.165) is 17.8 Å². The maximum absolute atomic E-state index is 2.34. The highest BCUT2D eigenvalue weighted by atomic mass is 14.2. The molecule has 0 saturated heterocycles. The van der Waals surface area contributed by atoms with E-state index < -0.39 is 0 Å². The zero-order valence-corrected chi connectivity index (χ0v) is 12.7. The Labute approximate surface area is 114 Å². The summed E-state index contributed by atoms with van der Waals surface area (Å²) in [5.74, 6) is 2.54. The molecule has 0 radical (unpaired) electrons. The van der Waals surface area contributed by atoms with Crippen LogP contribution in [0, 0.1) is 17.8 Å². The Morgan fingerprint density at radius 3 is 1.67 bits per heavy atom. The van der Waals surface area contributed by atoms with E-state index in [1.165, 1.54) is 37.7 Å². The Morgan fingerprint density at radius 1 is 0.722 bits per heavy atom. The average molecular weight is 246 g/mol. The second-order valence-corrected chi connectivity index (χ2v) is 6.50. The minimum Gasteiger partial charge on any atom is -0.0628 e. The molecule has 0 saturated carbocycles. The Kier molecular flexibility index (Phi) is 7.08. The molecule has 0 heteroatoms. The first kappa shape index (κ1) is 15.3. The smallest absolute Gasteiger partial charge is 0.0250 e. The molecular weight excluding hydrogens is 216 g/mol. The molecule has 0 bridgehead atoms. The van der Waals surface area contributed by atoms with Crippen LogP contribution in [0.15, 0.2) is 30.3 Å². The highest BCUT2D eigenvalue weighted by molar-refractivity contribution is 5.15. The number of benzene rings is 1. The first-order valence-corrected chi connectivity index (χ1v) is 7.61. The molecule has 102 valence electrons. The summed E-state index contributed by atoms with van der Waals surface area (Å²) < 4.78 is 0. The van der Waals surface area contributed by atoms with Gasteiger partial charge in [0.2, 0.25) is 0 Å². The van der Waals surface area contributed by atoms with Gasteiger partial charge in [-0.3, -0.25) is 0 Å². The third-order valence-electron chi connectivity index (χ3n) is 3.67. The van der Waals surface area contributed by atoms with Crippen molar-refractivity contribution >= 4 is 0 Å². The molecule has 0 aliphatic rings.